The van der Waals surface area contributed by atoms with Crippen molar-refractivity contribution in [2.45, 2.75) is 63.5 Å². The van der Waals surface area contributed by atoms with Crippen molar-refractivity contribution in [1.29, 1.82) is 0 Å². The van der Waals surface area contributed by atoms with Gasteiger partial charge in [0.1, 0.15) is 6.10 Å². The first-order chi connectivity index (χ1) is 21.1. The summed E-state index contributed by atoms with van der Waals surface area (Å²) in [4.78, 5) is 34.6. The van der Waals surface area contributed by atoms with Crippen LogP contribution in [0.4, 0.5) is 15.3 Å². The third-order valence-electron chi connectivity index (χ3n) is 9.22. The number of likely N-dealkylation sites (tertiary alicyclic amines) is 2. The number of anilines is 1. The molecular formula is C34H49N5O4. The van der Waals surface area contributed by atoms with Gasteiger partial charge in [0.15, 0.2) is 0 Å². The summed E-state index contributed by atoms with van der Waals surface area (Å²) in [6.45, 7) is 8.37. The highest BCUT2D eigenvalue weighted by atomic mass is 16.6. The average Bonchev–Trinajstić information content (AvgIpc) is 3.38. The zero-order valence-electron chi connectivity index (χ0n) is 25.5. The van der Waals surface area contributed by atoms with E-state index in [1.54, 1.807) is 0 Å². The third kappa shape index (κ3) is 8.94. The molecular weight excluding hydrogens is 542 g/mol. The smallest absolute Gasteiger partial charge is 0.411 e. The molecule has 5 rings (SSSR count). The first kappa shape index (κ1) is 31.3. The number of aliphatic hydroxyl groups excluding tert-OH is 1. The Balaban J connectivity index is 0.959. The molecule has 2 aromatic rings. The van der Waals surface area contributed by atoms with Gasteiger partial charge in [-0.05, 0) is 69.7 Å². The van der Waals surface area contributed by atoms with E-state index in [1.165, 1.54) is 19.3 Å². The number of aliphatic hydroxyl groups is 1. The summed E-state index contributed by atoms with van der Waals surface area (Å²) >= 11 is 0. The number of nitrogens with zero attached hydrogens (tertiary/aromatic N) is 4. The summed E-state index contributed by atoms with van der Waals surface area (Å²) in [5.41, 5.74) is 2.77. The van der Waals surface area contributed by atoms with Gasteiger partial charge in [0.2, 0.25) is 0 Å². The lowest BCUT2D eigenvalue weighted by atomic mass is 9.99. The highest BCUT2D eigenvalue weighted by molar-refractivity contribution is 5.91. The van der Waals surface area contributed by atoms with Gasteiger partial charge in [0, 0.05) is 64.0 Å². The van der Waals surface area contributed by atoms with Gasteiger partial charge in [0.25, 0.3) is 0 Å². The van der Waals surface area contributed by atoms with E-state index in [0.717, 1.165) is 108 Å². The van der Waals surface area contributed by atoms with Crippen LogP contribution < -0.4 is 5.32 Å². The Bertz CT molecular complexity index is 1150. The predicted molar refractivity (Wildman–Crippen MR) is 170 cm³/mol. The number of rotatable bonds is 13. The van der Waals surface area contributed by atoms with Crippen LogP contribution in [-0.4, -0.2) is 114 Å². The second kappa shape index (κ2) is 16.1. The van der Waals surface area contributed by atoms with Crippen LogP contribution in [0, 0.1) is 0 Å². The van der Waals surface area contributed by atoms with E-state index in [2.05, 4.69) is 15.1 Å². The normalized spacial score (nSPS) is 20.5. The van der Waals surface area contributed by atoms with E-state index >= 15 is 0 Å². The van der Waals surface area contributed by atoms with E-state index in [9.17, 15) is 14.7 Å². The Labute approximate surface area is 256 Å². The Morgan fingerprint density at radius 2 is 1.51 bits per heavy atom. The summed E-state index contributed by atoms with van der Waals surface area (Å²) in [6, 6.07) is 18.5. The fourth-order valence-electron chi connectivity index (χ4n) is 6.83. The molecule has 0 spiro atoms. The molecule has 2 aromatic carbocycles. The van der Waals surface area contributed by atoms with Gasteiger partial charge in [-0.2, -0.15) is 0 Å². The van der Waals surface area contributed by atoms with Crippen LogP contribution in [0.2, 0.25) is 0 Å². The molecule has 43 heavy (non-hydrogen) atoms. The van der Waals surface area contributed by atoms with Crippen molar-refractivity contribution in [3.8, 4) is 11.1 Å². The monoisotopic (exact) mass is 591 g/mol. The van der Waals surface area contributed by atoms with Crippen LogP contribution in [0.15, 0.2) is 54.6 Å². The van der Waals surface area contributed by atoms with Gasteiger partial charge in [-0.1, -0.05) is 55.0 Å². The van der Waals surface area contributed by atoms with Crippen molar-refractivity contribution in [3.05, 3.63) is 54.6 Å². The molecule has 3 fully saturated rings. The largest absolute Gasteiger partial charge is 0.446 e. The molecule has 2 N–H and O–H groups in total. The van der Waals surface area contributed by atoms with Crippen molar-refractivity contribution in [2.24, 2.45) is 0 Å². The maximum atomic E-state index is 13.0. The Morgan fingerprint density at radius 1 is 0.814 bits per heavy atom. The number of hydrogen-bond acceptors (Lipinski definition) is 6. The van der Waals surface area contributed by atoms with Crippen molar-refractivity contribution in [2.75, 3.05) is 70.8 Å². The van der Waals surface area contributed by atoms with Crippen molar-refractivity contribution >= 4 is 17.8 Å². The van der Waals surface area contributed by atoms with Gasteiger partial charge in [-0.15, -0.1) is 0 Å². The lowest BCUT2D eigenvalue weighted by Gasteiger charge is -2.35. The molecule has 3 amide bonds. The van der Waals surface area contributed by atoms with Crippen LogP contribution in [0.3, 0.4) is 0 Å². The van der Waals surface area contributed by atoms with Crippen LogP contribution in [-0.2, 0) is 4.74 Å². The van der Waals surface area contributed by atoms with Gasteiger partial charge in [-0.3, -0.25) is 5.32 Å². The standard InChI is InChI=1S/C34H49N5O4/c40-27-17-29-12-6-7-19-37(29)20-9-22-39-26-25-38(34(39)42)21-8-18-36-23-15-30(16-24-36)43-33(41)35-32-14-5-4-13-31(32)28-10-2-1-3-11-28/h1-5,10-11,13-14,29-30,40H,6-9,12,15-27H2,(H,35,41). The number of carbonyl (C=O) groups is 2. The van der Waals surface area contributed by atoms with E-state index in [0.29, 0.717) is 6.04 Å². The summed E-state index contributed by atoms with van der Waals surface area (Å²) in [7, 11) is 0. The number of benzene rings is 2. The van der Waals surface area contributed by atoms with Gasteiger partial charge in [0.05, 0.1) is 5.69 Å². The molecule has 0 aromatic heterocycles. The predicted octanol–water partition coefficient (Wildman–Crippen LogP) is 5.12. The van der Waals surface area contributed by atoms with Gasteiger partial charge in [-0.25, -0.2) is 9.59 Å². The zero-order valence-corrected chi connectivity index (χ0v) is 25.5. The quantitative estimate of drug-likeness (QED) is 0.336. The third-order valence-corrected chi connectivity index (χ3v) is 9.22. The molecule has 0 saturated carbocycles. The van der Waals surface area contributed by atoms with Crippen molar-refractivity contribution in [1.82, 2.24) is 19.6 Å². The Hall–Kier alpha value is -3.14. The molecule has 9 heteroatoms. The zero-order chi connectivity index (χ0) is 29.9. The molecule has 234 valence electrons. The number of para-hydroxylation sites is 1. The second-order valence-electron chi connectivity index (χ2n) is 12.1. The molecule has 9 nitrogen and oxygen atoms in total. The lowest BCUT2D eigenvalue weighted by Crippen LogP contribution is -2.42. The van der Waals surface area contributed by atoms with Crippen molar-refractivity contribution in [3.63, 3.8) is 0 Å². The lowest BCUT2D eigenvalue weighted by molar-refractivity contribution is 0.0581. The summed E-state index contributed by atoms with van der Waals surface area (Å²) in [6.07, 6.45) is 7.65. The van der Waals surface area contributed by atoms with E-state index in [-0.39, 0.29) is 18.7 Å². The number of amides is 3. The minimum Gasteiger partial charge on any atom is -0.446 e. The Morgan fingerprint density at radius 3 is 2.26 bits per heavy atom. The number of nitrogens with one attached hydrogen (secondary N) is 1. The van der Waals surface area contributed by atoms with Gasteiger partial charge < -0.3 is 29.4 Å². The molecule has 0 aliphatic carbocycles. The number of hydrogen-bond donors (Lipinski definition) is 2. The second-order valence-corrected chi connectivity index (χ2v) is 12.1. The van der Waals surface area contributed by atoms with Crippen LogP contribution in [0.5, 0.6) is 0 Å². The van der Waals surface area contributed by atoms with Gasteiger partial charge >= 0.3 is 12.1 Å². The average molecular weight is 592 g/mol. The first-order valence-electron chi connectivity index (χ1n) is 16.3. The molecule has 0 bridgehead atoms. The minimum atomic E-state index is -0.403. The first-order valence-corrected chi connectivity index (χ1v) is 16.3. The maximum Gasteiger partial charge on any atom is 0.411 e. The van der Waals surface area contributed by atoms with E-state index < -0.39 is 6.09 Å². The van der Waals surface area contributed by atoms with E-state index in [1.807, 2.05) is 64.4 Å². The fraction of sp³-hybridized carbons (Fsp3) is 0.588. The number of carbonyl (C=O) groups excluding carboxylic acids is 2. The highest BCUT2D eigenvalue weighted by Gasteiger charge is 2.29. The molecule has 1 unspecified atom stereocenters. The fourth-order valence-corrected chi connectivity index (χ4v) is 6.83. The molecule has 3 saturated heterocycles. The SMILES string of the molecule is O=C(Nc1ccccc1-c1ccccc1)OC1CCN(CCCN2CCN(CCCN3CCCCC3CCO)C2=O)CC1. The Kier molecular flexibility index (Phi) is 11.7. The number of piperidine rings is 2. The van der Waals surface area contributed by atoms with Crippen molar-refractivity contribution < 1.29 is 19.4 Å². The van der Waals surface area contributed by atoms with E-state index in [4.69, 9.17) is 4.74 Å². The topological polar surface area (TPSA) is 88.6 Å². The molecule has 3 aliphatic rings. The molecule has 3 heterocycles. The van der Waals surface area contributed by atoms with Crippen LogP contribution >= 0.6 is 0 Å². The summed E-state index contributed by atoms with van der Waals surface area (Å²) in [5.74, 6) is 0. The molecule has 3 aliphatic heterocycles. The van der Waals surface area contributed by atoms with Crippen LogP contribution in [0.1, 0.15) is 51.4 Å². The summed E-state index contributed by atoms with van der Waals surface area (Å²) < 4.78 is 5.79. The number of ether oxygens (including phenoxy) is 1. The maximum absolute atomic E-state index is 13.0. The molecule has 1 atom stereocenters. The minimum absolute atomic E-state index is 0.0855. The van der Waals surface area contributed by atoms with Crippen LogP contribution in [0.25, 0.3) is 11.1 Å². The highest BCUT2D eigenvalue weighted by Crippen LogP contribution is 2.28. The summed E-state index contributed by atoms with van der Waals surface area (Å²) in [5, 5.41) is 12.3. The molecule has 0 radical (unpaired) electrons. The number of urea groups is 1.